The van der Waals surface area contributed by atoms with Crippen molar-refractivity contribution in [2.75, 3.05) is 18.0 Å². The number of fused-ring (bicyclic) bond motifs is 1. The molecule has 3 heterocycles. The predicted molar refractivity (Wildman–Crippen MR) is 125 cm³/mol. The van der Waals surface area contributed by atoms with E-state index in [1.54, 1.807) is 28.8 Å². The zero-order valence-electron chi connectivity index (χ0n) is 19.4. The van der Waals surface area contributed by atoms with E-state index in [0.29, 0.717) is 23.4 Å². The van der Waals surface area contributed by atoms with Crippen LogP contribution < -0.4 is 15.0 Å². The summed E-state index contributed by atoms with van der Waals surface area (Å²) in [5.41, 5.74) is 1.38. The molecule has 12 heteroatoms. The van der Waals surface area contributed by atoms with Crippen molar-refractivity contribution in [3.8, 4) is 17.1 Å². The van der Waals surface area contributed by atoms with E-state index < -0.39 is 28.5 Å². The molecule has 0 spiro atoms. The highest BCUT2D eigenvalue weighted by Gasteiger charge is 2.41. The molecule has 0 bridgehead atoms. The maximum Gasteiger partial charge on any atom is 0.415 e. The molecule has 2 atom stereocenters. The Bertz CT molecular complexity index is 1350. The fourth-order valence-corrected chi connectivity index (χ4v) is 4.38. The fraction of sp³-hybridized carbons (Fsp3) is 0.292. The maximum absolute atomic E-state index is 15.1. The number of carbonyl (C=O) groups is 2. The summed E-state index contributed by atoms with van der Waals surface area (Å²) in [6.45, 7) is 3.96. The molecular weight excluding hydrogens is 473 g/mol. The van der Waals surface area contributed by atoms with Crippen LogP contribution in [0.15, 0.2) is 48.7 Å². The van der Waals surface area contributed by atoms with E-state index in [0.717, 1.165) is 5.56 Å². The van der Waals surface area contributed by atoms with Crippen LogP contribution in [-0.2, 0) is 21.7 Å². The van der Waals surface area contributed by atoms with Crippen LogP contribution in [0.4, 0.5) is 20.7 Å². The molecule has 3 aromatic rings. The first kappa shape index (κ1) is 23.3. The van der Waals surface area contributed by atoms with Gasteiger partial charge < -0.3 is 24.9 Å². The van der Waals surface area contributed by atoms with E-state index in [-0.39, 0.29) is 30.8 Å². The van der Waals surface area contributed by atoms with Crippen molar-refractivity contribution in [1.82, 2.24) is 14.9 Å². The Morgan fingerprint density at radius 3 is 2.69 bits per heavy atom. The minimum Gasteiger partial charge on any atom is -0.442 e. The van der Waals surface area contributed by atoms with Crippen molar-refractivity contribution in [3.05, 3.63) is 70.2 Å². The van der Waals surface area contributed by atoms with Gasteiger partial charge in [0.1, 0.15) is 18.1 Å². The third kappa shape index (κ3) is 4.21. The summed E-state index contributed by atoms with van der Waals surface area (Å²) < 4.78 is 27.8. The van der Waals surface area contributed by atoms with Gasteiger partial charge in [-0.2, -0.15) is 0 Å². The minimum absolute atomic E-state index is 0.176. The number of hydrogen-bond donors (Lipinski definition) is 1. The van der Waals surface area contributed by atoms with Crippen LogP contribution in [0.3, 0.4) is 0 Å². The maximum atomic E-state index is 15.1. The molecule has 0 aliphatic carbocycles. The molecule has 0 saturated carbocycles. The van der Waals surface area contributed by atoms with Crippen LogP contribution in [0.1, 0.15) is 19.4 Å². The van der Waals surface area contributed by atoms with Crippen LogP contribution in [0.2, 0.25) is 0 Å². The van der Waals surface area contributed by atoms with Crippen molar-refractivity contribution < 1.29 is 28.4 Å². The van der Waals surface area contributed by atoms with Gasteiger partial charge in [-0.05, 0) is 41.2 Å². The Labute approximate surface area is 204 Å². The normalized spacial score (nSPS) is 20.6. The monoisotopic (exact) mass is 495 g/mol. The highest BCUT2D eigenvalue weighted by molar-refractivity contribution is 5.90. The average molecular weight is 495 g/mol. The van der Waals surface area contributed by atoms with E-state index in [1.807, 2.05) is 19.1 Å². The van der Waals surface area contributed by atoms with E-state index in [1.165, 1.54) is 24.1 Å². The first-order valence-electron chi connectivity index (χ1n) is 11.2. The second kappa shape index (κ2) is 8.63. The van der Waals surface area contributed by atoms with Gasteiger partial charge in [0.15, 0.2) is 5.60 Å². The number of hydrogen-bond acceptors (Lipinski definition) is 7. The molecule has 0 radical (unpaired) electrons. The minimum atomic E-state index is -0.776. The number of amides is 2. The van der Waals surface area contributed by atoms with E-state index >= 15 is 4.39 Å². The zero-order valence-corrected chi connectivity index (χ0v) is 19.4. The van der Waals surface area contributed by atoms with Gasteiger partial charge in [-0.15, -0.1) is 0 Å². The van der Waals surface area contributed by atoms with E-state index in [2.05, 4.69) is 10.3 Å². The number of carbonyl (C=O) groups excluding carboxylic acids is 2. The number of cyclic esters (lactones) is 1. The summed E-state index contributed by atoms with van der Waals surface area (Å²) in [5, 5.41) is 13.5. The van der Waals surface area contributed by atoms with Crippen molar-refractivity contribution in [3.63, 3.8) is 0 Å². The number of rotatable bonds is 6. The summed E-state index contributed by atoms with van der Waals surface area (Å²) in [6.07, 6.45) is 0.223. The van der Waals surface area contributed by atoms with Crippen molar-refractivity contribution >= 4 is 23.5 Å². The van der Waals surface area contributed by atoms with Gasteiger partial charge in [0.2, 0.25) is 5.91 Å². The molecule has 1 unspecified atom stereocenters. The standard InChI is InChI=1S/C24H22FN5O6/c1-14(31)26-10-18-11-29(23(32)35-18)17-7-8-19(20(25)9-17)15-3-5-16(6-4-15)24(2)13-28-12-21(30(33)34)27-22(28)36-24/h3-9,12,18H,10-11,13H2,1-2H3,(H,26,31)/t18-,24?/m0/s1. The molecule has 1 aromatic heterocycles. The van der Waals surface area contributed by atoms with Crippen LogP contribution >= 0.6 is 0 Å². The number of aromatic nitrogens is 2. The molecule has 5 rings (SSSR count). The van der Waals surface area contributed by atoms with Gasteiger partial charge in [-0.1, -0.05) is 24.3 Å². The van der Waals surface area contributed by atoms with Crippen LogP contribution in [0.5, 0.6) is 6.01 Å². The Kier molecular flexibility index (Phi) is 5.58. The molecule has 11 nitrogen and oxygen atoms in total. The second-order valence-corrected chi connectivity index (χ2v) is 8.89. The lowest BCUT2D eigenvalue weighted by atomic mass is 9.93. The number of nitrogens with zero attached hydrogens (tertiary/aromatic N) is 4. The van der Waals surface area contributed by atoms with Crippen molar-refractivity contribution in [1.29, 1.82) is 0 Å². The topological polar surface area (TPSA) is 129 Å². The van der Waals surface area contributed by atoms with Crippen molar-refractivity contribution in [2.24, 2.45) is 0 Å². The van der Waals surface area contributed by atoms with Crippen LogP contribution in [-0.4, -0.2) is 45.7 Å². The Hall–Kier alpha value is -4.48. The van der Waals surface area contributed by atoms with Gasteiger partial charge in [0, 0.05) is 17.5 Å². The highest BCUT2D eigenvalue weighted by Crippen LogP contribution is 2.38. The van der Waals surface area contributed by atoms with Crippen LogP contribution in [0, 0.1) is 15.9 Å². The number of benzene rings is 2. The Balaban J connectivity index is 1.30. The predicted octanol–water partition coefficient (Wildman–Crippen LogP) is 3.37. The van der Waals surface area contributed by atoms with Gasteiger partial charge in [-0.3, -0.25) is 14.3 Å². The summed E-state index contributed by atoms with van der Waals surface area (Å²) in [4.78, 5) is 38.9. The summed E-state index contributed by atoms with van der Waals surface area (Å²) in [6, 6.07) is 11.8. The van der Waals surface area contributed by atoms with Gasteiger partial charge in [0.25, 0.3) is 0 Å². The fourth-order valence-electron chi connectivity index (χ4n) is 4.38. The SMILES string of the molecule is CC(=O)NC[C@H]1CN(c2ccc(-c3ccc(C4(C)Cn5cc([N+](=O)[O-])nc5O4)cc3)c(F)c2)C(=O)O1. The second-order valence-electron chi connectivity index (χ2n) is 8.89. The number of ether oxygens (including phenoxy) is 2. The van der Waals surface area contributed by atoms with Gasteiger partial charge >= 0.3 is 17.9 Å². The summed E-state index contributed by atoms with van der Waals surface area (Å²) in [5.74, 6) is -1.00. The molecule has 2 amide bonds. The summed E-state index contributed by atoms with van der Waals surface area (Å²) >= 11 is 0. The average Bonchev–Trinajstić information content (AvgIpc) is 3.49. The summed E-state index contributed by atoms with van der Waals surface area (Å²) in [7, 11) is 0. The highest BCUT2D eigenvalue weighted by atomic mass is 19.1. The lowest BCUT2D eigenvalue weighted by Gasteiger charge is -2.22. The molecule has 1 fully saturated rings. The third-order valence-corrected chi connectivity index (χ3v) is 6.23. The lowest BCUT2D eigenvalue weighted by molar-refractivity contribution is -0.389. The molecular formula is C24H22FN5O6. The molecule has 36 heavy (non-hydrogen) atoms. The first-order chi connectivity index (χ1) is 17.1. The number of anilines is 1. The molecule has 186 valence electrons. The quantitative estimate of drug-likeness (QED) is 0.410. The third-order valence-electron chi connectivity index (χ3n) is 6.23. The van der Waals surface area contributed by atoms with Crippen LogP contribution in [0.25, 0.3) is 11.1 Å². The van der Waals surface area contributed by atoms with E-state index in [4.69, 9.17) is 9.47 Å². The smallest absolute Gasteiger partial charge is 0.415 e. The number of halogens is 1. The Morgan fingerprint density at radius 1 is 1.31 bits per heavy atom. The largest absolute Gasteiger partial charge is 0.442 e. The van der Waals surface area contributed by atoms with E-state index in [9.17, 15) is 19.7 Å². The molecule has 1 N–H and O–H groups in total. The van der Waals surface area contributed by atoms with Gasteiger partial charge in [-0.25, -0.2) is 9.18 Å². The van der Waals surface area contributed by atoms with Gasteiger partial charge in [0.05, 0.1) is 25.3 Å². The first-order valence-corrected chi connectivity index (χ1v) is 11.2. The molecule has 2 aromatic carbocycles. The molecule has 2 aliphatic rings. The zero-order chi connectivity index (χ0) is 25.6. The van der Waals surface area contributed by atoms with Crippen molar-refractivity contribution in [2.45, 2.75) is 32.1 Å². The molecule has 1 saturated heterocycles. The molecule has 2 aliphatic heterocycles. The number of nitro groups is 1. The Morgan fingerprint density at radius 2 is 2.06 bits per heavy atom. The number of imidazole rings is 1. The number of nitrogens with one attached hydrogen (secondary N) is 1. The lowest BCUT2D eigenvalue weighted by Crippen LogP contribution is -2.33.